The predicted octanol–water partition coefficient (Wildman–Crippen LogP) is 1.88. The molecular formula is C16H31N3O. The van der Waals surface area contributed by atoms with Crippen molar-refractivity contribution in [3.63, 3.8) is 0 Å². The van der Waals surface area contributed by atoms with Crippen LogP contribution in [0.2, 0.25) is 0 Å². The van der Waals surface area contributed by atoms with Crippen molar-refractivity contribution in [2.45, 2.75) is 76.4 Å². The van der Waals surface area contributed by atoms with Gasteiger partial charge in [0.05, 0.1) is 5.54 Å². The van der Waals surface area contributed by atoms with Gasteiger partial charge in [0.15, 0.2) is 0 Å². The molecule has 2 aliphatic carbocycles. The molecule has 0 radical (unpaired) electrons. The highest BCUT2D eigenvalue weighted by Gasteiger charge is 2.44. The summed E-state index contributed by atoms with van der Waals surface area (Å²) in [5.74, 6) is 0.564. The van der Waals surface area contributed by atoms with Gasteiger partial charge in [-0.25, -0.2) is 0 Å². The highest BCUT2D eigenvalue weighted by molar-refractivity contribution is 5.84. The minimum atomic E-state index is -0.478. The monoisotopic (exact) mass is 281 g/mol. The van der Waals surface area contributed by atoms with E-state index < -0.39 is 5.54 Å². The molecule has 2 rings (SSSR count). The summed E-state index contributed by atoms with van der Waals surface area (Å²) in [5, 5.41) is 3.22. The second kappa shape index (κ2) is 6.44. The third kappa shape index (κ3) is 3.53. The van der Waals surface area contributed by atoms with Crippen LogP contribution < -0.4 is 11.1 Å². The Morgan fingerprint density at radius 3 is 2.55 bits per heavy atom. The molecule has 1 amide bonds. The van der Waals surface area contributed by atoms with Crippen LogP contribution in [0.3, 0.4) is 0 Å². The SMILES string of the molecule is CNC1(C(N)=O)CCCC(N(CCC(C)C)C2CC2)C1. The van der Waals surface area contributed by atoms with Crippen LogP contribution in [0.4, 0.5) is 0 Å². The maximum Gasteiger partial charge on any atom is 0.237 e. The van der Waals surface area contributed by atoms with E-state index in [1.165, 1.54) is 32.2 Å². The van der Waals surface area contributed by atoms with Crippen LogP contribution in [0.15, 0.2) is 0 Å². The Kier molecular flexibility index (Phi) is 5.08. The Morgan fingerprint density at radius 1 is 1.35 bits per heavy atom. The van der Waals surface area contributed by atoms with E-state index in [4.69, 9.17) is 5.73 Å². The first-order valence-corrected chi connectivity index (χ1v) is 8.23. The highest BCUT2D eigenvalue weighted by Crippen LogP contribution is 2.37. The number of primary amides is 1. The largest absolute Gasteiger partial charge is 0.368 e. The molecule has 2 aliphatic rings. The molecule has 116 valence electrons. The number of nitrogens with zero attached hydrogens (tertiary/aromatic N) is 1. The Hall–Kier alpha value is -0.610. The number of nitrogens with two attached hydrogens (primary N) is 1. The van der Waals surface area contributed by atoms with Crippen LogP contribution >= 0.6 is 0 Å². The summed E-state index contributed by atoms with van der Waals surface area (Å²) in [6.07, 6.45) is 7.99. The topological polar surface area (TPSA) is 58.4 Å². The molecule has 2 saturated carbocycles. The van der Waals surface area contributed by atoms with Crippen molar-refractivity contribution >= 4 is 5.91 Å². The summed E-state index contributed by atoms with van der Waals surface area (Å²) >= 11 is 0. The molecule has 4 nitrogen and oxygen atoms in total. The summed E-state index contributed by atoms with van der Waals surface area (Å²) < 4.78 is 0. The molecule has 0 bridgehead atoms. The third-order valence-electron chi connectivity index (χ3n) is 5.12. The zero-order valence-electron chi connectivity index (χ0n) is 13.3. The molecule has 4 heteroatoms. The van der Waals surface area contributed by atoms with E-state index in [1.807, 2.05) is 7.05 Å². The zero-order chi connectivity index (χ0) is 14.8. The van der Waals surface area contributed by atoms with Crippen LogP contribution in [0.25, 0.3) is 0 Å². The van der Waals surface area contributed by atoms with Crippen LogP contribution in [0, 0.1) is 5.92 Å². The van der Waals surface area contributed by atoms with Gasteiger partial charge < -0.3 is 11.1 Å². The summed E-state index contributed by atoms with van der Waals surface area (Å²) in [7, 11) is 1.88. The second-order valence-electron chi connectivity index (χ2n) is 7.10. The van der Waals surface area contributed by atoms with Crippen molar-refractivity contribution in [1.29, 1.82) is 0 Å². The number of hydrogen-bond donors (Lipinski definition) is 2. The van der Waals surface area contributed by atoms with E-state index in [1.54, 1.807) is 0 Å². The van der Waals surface area contributed by atoms with Gasteiger partial charge in [-0.15, -0.1) is 0 Å². The molecule has 20 heavy (non-hydrogen) atoms. The fraction of sp³-hybridized carbons (Fsp3) is 0.938. The number of hydrogen-bond acceptors (Lipinski definition) is 3. The van der Waals surface area contributed by atoms with Crippen molar-refractivity contribution < 1.29 is 4.79 Å². The molecule has 0 aromatic carbocycles. The fourth-order valence-electron chi connectivity index (χ4n) is 3.58. The van der Waals surface area contributed by atoms with E-state index in [2.05, 4.69) is 24.1 Å². The lowest BCUT2D eigenvalue weighted by molar-refractivity contribution is -0.126. The van der Waals surface area contributed by atoms with E-state index in [0.29, 0.717) is 6.04 Å². The lowest BCUT2D eigenvalue weighted by Gasteiger charge is -2.43. The Balaban J connectivity index is 2.03. The van der Waals surface area contributed by atoms with E-state index in [9.17, 15) is 4.79 Å². The van der Waals surface area contributed by atoms with Crippen LogP contribution in [0.1, 0.15) is 58.8 Å². The predicted molar refractivity (Wildman–Crippen MR) is 82.4 cm³/mol. The maximum atomic E-state index is 11.9. The number of likely N-dealkylation sites (N-methyl/N-ethyl adjacent to an activating group) is 1. The van der Waals surface area contributed by atoms with Crippen molar-refractivity contribution in [2.24, 2.45) is 11.7 Å². The van der Waals surface area contributed by atoms with Crippen molar-refractivity contribution in [2.75, 3.05) is 13.6 Å². The van der Waals surface area contributed by atoms with Crippen molar-refractivity contribution in [3.8, 4) is 0 Å². The van der Waals surface area contributed by atoms with Gasteiger partial charge in [-0.05, 0) is 64.5 Å². The average molecular weight is 281 g/mol. The Bertz CT molecular complexity index is 341. The van der Waals surface area contributed by atoms with Gasteiger partial charge in [-0.1, -0.05) is 13.8 Å². The summed E-state index contributed by atoms with van der Waals surface area (Å²) in [5.41, 5.74) is 5.19. The average Bonchev–Trinajstić information content (AvgIpc) is 3.23. The number of amides is 1. The quantitative estimate of drug-likeness (QED) is 0.749. The summed E-state index contributed by atoms with van der Waals surface area (Å²) in [4.78, 5) is 14.5. The number of rotatable bonds is 7. The Labute approximate surface area is 123 Å². The van der Waals surface area contributed by atoms with E-state index in [0.717, 1.165) is 31.2 Å². The number of carbonyl (C=O) groups excluding carboxylic acids is 1. The van der Waals surface area contributed by atoms with Crippen molar-refractivity contribution in [1.82, 2.24) is 10.2 Å². The van der Waals surface area contributed by atoms with Gasteiger partial charge in [-0.3, -0.25) is 9.69 Å². The standard InChI is InChI=1S/C16H31N3O/c1-12(2)8-10-19(13-6-7-13)14-5-4-9-16(11-14,18-3)15(17)20/h12-14,18H,4-11H2,1-3H3,(H2,17,20). The first-order chi connectivity index (χ1) is 9.48. The van der Waals surface area contributed by atoms with Crippen LogP contribution in [0.5, 0.6) is 0 Å². The first kappa shape index (κ1) is 15.8. The molecule has 2 atom stereocenters. The molecule has 0 aliphatic heterocycles. The second-order valence-corrected chi connectivity index (χ2v) is 7.10. The molecule has 3 N–H and O–H groups in total. The fourth-order valence-corrected chi connectivity index (χ4v) is 3.58. The van der Waals surface area contributed by atoms with Gasteiger partial charge in [-0.2, -0.15) is 0 Å². The zero-order valence-corrected chi connectivity index (χ0v) is 13.3. The number of carbonyl (C=O) groups is 1. The summed E-state index contributed by atoms with van der Waals surface area (Å²) in [6.45, 7) is 5.74. The molecule has 0 spiro atoms. The number of nitrogens with one attached hydrogen (secondary N) is 1. The molecule has 0 saturated heterocycles. The summed E-state index contributed by atoms with van der Waals surface area (Å²) in [6, 6.07) is 1.29. The first-order valence-electron chi connectivity index (χ1n) is 8.23. The molecule has 0 aromatic heterocycles. The maximum absolute atomic E-state index is 11.9. The molecule has 2 fully saturated rings. The van der Waals surface area contributed by atoms with Crippen molar-refractivity contribution in [3.05, 3.63) is 0 Å². The van der Waals surface area contributed by atoms with Gasteiger partial charge >= 0.3 is 0 Å². The molecular weight excluding hydrogens is 250 g/mol. The smallest absolute Gasteiger partial charge is 0.237 e. The van der Waals surface area contributed by atoms with Crippen LogP contribution in [-0.2, 0) is 4.79 Å². The molecule has 0 aromatic rings. The normalized spacial score (nSPS) is 30.9. The molecule has 0 heterocycles. The Morgan fingerprint density at radius 2 is 2.05 bits per heavy atom. The third-order valence-corrected chi connectivity index (χ3v) is 5.12. The van der Waals surface area contributed by atoms with E-state index in [-0.39, 0.29) is 5.91 Å². The molecule has 2 unspecified atom stereocenters. The minimum Gasteiger partial charge on any atom is -0.368 e. The minimum absolute atomic E-state index is 0.177. The van der Waals surface area contributed by atoms with Gasteiger partial charge in [0.25, 0.3) is 0 Å². The van der Waals surface area contributed by atoms with Gasteiger partial charge in [0.2, 0.25) is 5.91 Å². The van der Waals surface area contributed by atoms with Gasteiger partial charge in [0, 0.05) is 12.1 Å². The lowest BCUT2D eigenvalue weighted by atomic mass is 9.77. The highest BCUT2D eigenvalue weighted by atomic mass is 16.1. The van der Waals surface area contributed by atoms with Crippen LogP contribution in [-0.4, -0.2) is 42.0 Å². The van der Waals surface area contributed by atoms with E-state index >= 15 is 0 Å². The van der Waals surface area contributed by atoms with Gasteiger partial charge in [0.1, 0.15) is 0 Å². The lowest BCUT2D eigenvalue weighted by Crippen LogP contribution is -2.60.